The molecule has 20 heavy (non-hydrogen) atoms. The minimum atomic E-state index is -0.395. The topological polar surface area (TPSA) is 71.3 Å². The second-order valence-corrected chi connectivity index (χ2v) is 5.51. The van der Waals surface area contributed by atoms with Crippen LogP contribution in [-0.4, -0.2) is 11.8 Å². The van der Waals surface area contributed by atoms with Crippen LogP contribution in [0.3, 0.4) is 0 Å². The summed E-state index contributed by atoms with van der Waals surface area (Å²) < 4.78 is 5.04. The maximum absolute atomic E-state index is 11.9. The van der Waals surface area contributed by atoms with Crippen molar-refractivity contribution in [3.05, 3.63) is 45.0 Å². The fourth-order valence-corrected chi connectivity index (χ4v) is 2.85. The molecule has 2 rings (SSSR count). The molecule has 0 atom stereocenters. The van der Waals surface area contributed by atoms with Gasteiger partial charge in [0, 0.05) is 4.88 Å². The molecular weight excluding hydrogens is 276 g/mol. The van der Waals surface area contributed by atoms with Crippen LogP contribution in [0.5, 0.6) is 0 Å². The Morgan fingerprint density at radius 1 is 1.25 bits per heavy atom. The highest BCUT2D eigenvalue weighted by Gasteiger charge is 2.15. The summed E-state index contributed by atoms with van der Waals surface area (Å²) in [5.41, 5.74) is 6.29. The van der Waals surface area contributed by atoms with Gasteiger partial charge in [-0.2, -0.15) is 0 Å². The summed E-state index contributed by atoms with van der Waals surface area (Å²) in [6.45, 7) is 5.70. The Bertz CT molecular complexity index is 643. The molecule has 0 radical (unpaired) electrons. The lowest BCUT2D eigenvalue weighted by atomic mass is 10.2. The van der Waals surface area contributed by atoms with Crippen LogP contribution in [0.25, 0.3) is 0 Å². The molecule has 0 saturated carbocycles. The zero-order valence-electron chi connectivity index (χ0n) is 11.6. The first kappa shape index (κ1) is 14.3. The first-order valence-corrected chi connectivity index (χ1v) is 7.08. The lowest BCUT2D eigenvalue weighted by molar-refractivity contribution is 0.0848. The van der Waals surface area contributed by atoms with Gasteiger partial charge in [0.2, 0.25) is 0 Å². The van der Waals surface area contributed by atoms with Crippen molar-refractivity contribution < 1.29 is 14.0 Å². The van der Waals surface area contributed by atoms with E-state index in [0.717, 1.165) is 12.0 Å². The van der Waals surface area contributed by atoms with E-state index in [9.17, 15) is 9.59 Å². The Balaban J connectivity index is 1.98. The smallest absolute Gasteiger partial charge is 0.279 e. The maximum Gasteiger partial charge on any atom is 0.279 e. The number of rotatable bonds is 3. The zero-order valence-corrected chi connectivity index (χ0v) is 12.4. The summed E-state index contributed by atoms with van der Waals surface area (Å²) in [6.07, 6.45) is 2.33. The molecule has 2 amide bonds. The molecule has 0 aliphatic carbocycles. The van der Waals surface area contributed by atoms with Gasteiger partial charge in [-0.15, -0.1) is 11.3 Å². The van der Waals surface area contributed by atoms with E-state index in [0.29, 0.717) is 16.2 Å². The molecule has 0 saturated heterocycles. The summed E-state index contributed by atoms with van der Waals surface area (Å²) in [5, 5.41) is 0. The van der Waals surface area contributed by atoms with Gasteiger partial charge < -0.3 is 4.42 Å². The Hall–Kier alpha value is -2.08. The normalized spacial score (nSPS) is 10.3. The van der Waals surface area contributed by atoms with Gasteiger partial charge in [-0.05, 0) is 38.0 Å². The summed E-state index contributed by atoms with van der Waals surface area (Å²) in [6, 6.07) is 3.38. The van der Waals surface area contributed by atoms with Gasteiger partial charge in [0.25, 0.3) is 11.8 Å². The van der Waals surface area contributed by atoms with Gasteiger partial charge in [0.15, 0.2) is 0 Å². The molecule has 2 N–H and O–H groups in total. The predicted molar refractivity (Wildman–Crippen MR) is 76.8 cm³/mol. The molecule has 0 bridgehead atoms. The fraction of sp³-hybridized carbons (Fsp3) is 0.286. The molecule has 2 aromatic heterocycles. The van der Waals surface area contributed by atoms with E-state index < -0.39 is 5.91 Å². The van der Waals surface area contributed by atoms with Crippen molar-refractivity contribution in [1.82, 2.24) is 10.9 Å². The Morgan fingerprint density at radius 2 is 1.95 bits per heavy atom. The SMILES string of the molecule is CCc1sc(C(=O)NNC(=O)c2ccoc2C)cc1C. The lowest BCUT2D eigenvalue weighted by Gasteiger charge is -2.05. The first-order chi connectivity index (χ1) is 9.52. The number of furan rings is 1. The van der Waals surface area contributed by atoms with Crippen molar-refractivity contribution in [3.8, 4) is 0 Å². The monoisotopic (exact) mass is 292 g/mol. The number of hydrogen-bond acceptors (Lipinski definition) is 4. The molecule has 0 fully saturated rings. The van der Waals surface area contributed by atoms with Crippen LogP contribution in [0.15, 0.2) is 22.8 Å². The van der Waals surface area contributed by atoms with E-state index >= 15 is 0 Å². The van der Waals surface area contributed by atoms with Gasteiger partial charge >= 0.3 is 0 Å². The van der Waals surface area contributed by atoms with E-state index in [-0.39, 0.29) is 5.91 Å². The first-order valence-electron chi connectivity index (χ1n) is 6.27. The fourth-order valence-electron chi connectivity index (χ4n) is 1.85. The molecule has 6 heteroatoms. The summed E-state index contributed by atoms with van der Waals surface area (Å²) in [4.78, 5) is 25.5. The number of carbonyl (C=O) groups is 2. The van der Waals surface area contributed by atoms with Gasteiger partial charge in [-0.25, -0.2) is 0 Å². The van der Waals surface area contributed by atoms with Crippen molar-refractivity contribution in [2.75, 3.05) is 0 Å². The highest BCUT2D eigenvalue weighted by molar-refractivity contribution is 7.14. The summed E-state index contributed by atoms with van der Waals surface area (Å²) >= 11 is 1.44. The number of thiophene rings is 1. The van der Waals surface area contributed by atoms with Crippen LogP contribution in [0.2, 0.25) is 0 Å². The van der Waals surface area contributed by atoms with Crippen LogP contribution in [0.4, 0.5) is 0 Å². The number of aryl methyl sites for hydroxylation is 3. The van der Waals surface area contributed by atoms with Gasteiger partial charge in [-0.1, -0.05) is 6.92 Å². The average molecular weight is 292 g/mol. The van der Waals surface area contributed by atoms with E-state index in [1.54, 1.807) is 13.0 Å². The van der Waals surface area contributed by atoms with Gasteiger partial charge in [0.05, 0.1) is 16.7 Å². The molecular formula is C14H16N2O3S. The Kier molecular flexibility index (Phi) is 4.24. The predicted octanol–water partition coefficient (Wildman–Crippen LogP) is 2.60. The molecule has 2 heterocycles. The Morgan fingerprint density at radius 3 is 2.50 bits per heavy atom. The quantitative estimate of drug-likeness (QED) is 0.854. The van der Waals surface area contributed by atoms with Crippen LogP contribution in [0, 0.1) is 13.8 Å². The molecule has 106 valence electrons. The number of carbonyl (C=O) groups excluding carboxylic acids is 2. The molecule has 0 spiro atoms. The standard InChI is InChI=1S/C14H16N2O3S/c1-4-11-8(2)7-12(20-11)14(18)16-15-13(17)10-5-6-19-9(10)3/h5-7H,4H2,1-3H3,(H,15,17)(H,16,18). The van der Waals surface area contributed by atoms with Crippen LogP contribution in [-0.2, 0) is 6.42 Å². The molecule has 5 nitrogen and oxygen atoms in total. The van der Waals surface area contributed by atoms with Crippen molar-refractivity contribution >= 4 is 23.2 Å². The average Bonchev–Trinajstić information content (AvgIpc) is 3.01. The molecule has 0 aromatic carbocycles. The van der Waals surface area contributed by atoms with E-state index in [1.807, 2.05) is 19.9 Å². The molecule has 2 aromatic rings. The number of hydrazine groups is 1. The summed E-state index contributed by atoms with van der Waals surface area (Å²) in [7, 11) is 0. The maximum atomic E-state index is 11.9. The molecule has 0 aliphatic heterocycles. The number of amides is 2. The lowest BCUT2D eigenvalue weighted by Crippen LogP contribution is -2.41. The summed E-state index contributed by atoms with van der Waals surface area (Å²) in [5.74, 6) is -0.196. The van der Waals surface area contributed by atoms with E-state index in [4.69, 9.17) is 4.42 Å². The second kappa shape index (κ2) is 5.92. The van der Waals surface area contributed by atoms with Crippen molar-refractivity contribution in [2.45, 2.75) is 27.2 Å². The van der Waals surface area contributed by atoms with Crippen molar-refractivity contribution in [2.24, 2.45) is 0 Å². The number of hydrogen-bond donors (Lipinski definition) is 2. The van der Waals surface area contributed by atoms with Crippen LogP contribution >= 0.6 is 11.3 Å². The van der Waals surface area contributed by atoms with Gasteiger partial charge in [0.1, 0.15) is 5.76 Å². The largest absolute Gasteiger partial charge is 0.469 e. The molecule has 0 unspecified atom stereocenters. The third-order valence-electron chi connectivity index (χ3n) is 2.96. The van der Waals surface area contributed by atoms with E-state index in [1.165, 1.54) is 22.5 Å². The third-order valence-corrected chi connectivity index (χ3v) is 4.34. The van der Waals surface area contributed by atoms with Crippen LogP contribution < -0.4 is 10.9 Å². The number of nitrogens with one attached hydrogen (secondary N) is 2. The minimum absolute atomic E-state index is 0.313. The van der Waals surface area contributed by atoms with Crippen molar-refractivity contribution in [1.29, 1.82) is 0 Å². The van der Waals surface area contributed by atoms with Crippen molar-refractivity contribution in [3.63, 3.8) is 0 Å². The third kappa shape index (κ3) is 2.91. The van der Waals surface area contributed by atoms with Crippen LogP contribution in [0.1, 0.15) is 43.2 Å². The Labute approximate surface area is 121 Å². The van der Waals surface area contributed by atoms with E-state index in [2.05, 4.69) is 10.9 Å². The zero-order chi connectivity index (χ0) is 14.7. The minimum Gasteiger partial charge on any atom is -0.469 e. The highest BCUT2D eigenvalue weighted by atomic mass is 32.1. The highest BCUT2D eigenvalue weighted by Crippen LogP contribution is 2.22. The van der Waals surface area contributed by atoms with Gasteiger partial charge in [-0.3, -0.25) is 20.4 Å². The second-order valence-electron chi connectivity index (χ2n) is 4.37. The molecule has 0 aliphatic rings.